The Morgan fingerprint density at radius 1 is 1.04 bits per heavy atom. The minimum atomic E-state index is -4.78. The summed E-state index contributed by atoms with van der Waals surface area (Å²) in [6.07, 6.45) is -9.37. The van der Waals surface area contributed by atoms with E-state index < -0.39 is 29.6 Å². The quantitative estimate of drug-likeness (QED) is 0.540. The van der Waals surface area contributed by atoms with Crippen molar-refractivity contribution in [2.45, 2.75) is 26.2 Å². The highest BCUT2D eigenvalue weighted by atomic mass is 19.4. The molecule has 0 bridgehead atoms. The molecule has 0 saturated heterocycles. The van der Waals surface area contributed by atoms with E-state index in [0.717, 1.165) is 24.3 Å². The van der Waals surface area contributed by atoms with Crippen molar-refractivity contribution >= 4 is 5.97 Å². The Labute approximate surface area is 144 Å². The Balaban J connectivity index is 2.67. The smallest absolute Gasteiger partial charge is 0.433 e. The maximum atomic E-state index is 13.0. The summed E-state index contributed by atoms with van der Waals surface area (Å²) in [5.74, 6) is -0.902. The van der Waals surface area contributed by atoms with Crippen LogP contribution in [0.1, 0.15) is 34.2 Å². The molecular weight excluding hydrogens is 364 g/mol. The number of hydrogen-bond donors (Lipinski definition) is 0. The average Bonchev–Trinajstić information content (AvgIpc) is 2.52. The van der Waals surface area contributed by atoms with Crippen LogP contribution in [0, 0.1) is 6.92 Å². The largest absolute Gasteiger partial charge is 0.462 e. The summed E-state index contributed by atoms with van der Waals surface area (Å²) in [7, 11) is 0. The summed E-state index contributed by atoms with van der Waals surface area (Å²) in [6, 6.07) is 4.09. The summed E-state index contributed by atoms with van der Waals surface area (Å²) in [4.78, 5) is 15.5. The van der Waals surface area contributed by atoms with Gasteiger partial charge in [-0.25, -0.2) is 9.78 Å². The van der Waals surface area contributed by atoms with Crippen LogP contribution in [0.5, 0.6) is 0 Å². The molecule has 26 heavy (non-hydrogen) atoms. The molecule has 1 aromatic carbocycles. The number of ether oxygens (including phenoxy) is 1. The minimum Gasteiger partial charge on any atom is -0.462 e. The third-order valence-electron chi connectivity index (χ3n) is 3.49. The number of aromatic nitrogens is 1. The van der Waals surface area contributed by atoms with E-state index in [1.807, 2.05) is 0 Å². The first kappa shape index (κ1) is 19.7. The van der Waals surface area contributed by atoms with E-state index in [2.05, 4.69) is 4.98 Å². The molecule has 9 heteroatoms. The first-order chi connectivity index (χ1) is 11.9. The lowest BCUT2D eigenvalue weighted by Gasteiger charge is -2.16. The highest BCUT2D eigenvalue weighted by Crippen LogP contribution is 2.36. The van der Waals surface area contributed by atoms with Crippen molar-refractivity contribution in [1.29, 1.82) is 0 Å². The molecule has 0 unspecified atom stereocenters. The van der Waals surface area contributed by atoms with Crippen molar-refractivity contribution in [3.05, 3.63) is 52.8 Å². The van der Waals surface area contributed by atoms with Crippen LogP contribution >= 0.6 is 0 Å². The SMILES string of the molecule is CCOC(=O)c1c(-c2ccc(C(F)(F)F)cc2)cc(C(F)(F)F)nc1C. The Morgan fingerprint density at radius 2 is 1.62 bits per heavy atom. The zero-order valence-electron chi connectivity index (χ0n) is 13.6. The highest BCUT2D eigenvalue weighted by Gasteiger charge is 2.35. The molecule has 0 fully saturated rings. The summed E-state index contributed by atoms with van der Waals surface area (Å²) >= 11 is 0. The maximum Gasteiger partial charge on any atom is 0.433 e. The Bertz CT molecular complexity index is 810. The molecule has 0 aliphatic carbocycles. The van der Waals surface area contributed by atoms with Crippen molar-refractivity contribution in [3.8, 4) is 11.1 Å². The second-order valence-corrected chi connectivity index (χ2v) is 5.31. The van der Waals surface area contributed by atoms with Crippen molar-refractivity contribution in [3.63, 3.8) is 0 Å². The van der Waals surface area contributed by atoms with Crippen LogP contribution in [0.25, 0.3) is 11.1 Å². The first-order valence-corrected chi connectivity index (χ1v) is 7.38. The summed E-state index contributed by atoms with van der Waals surface area (Å²) < 4.78 is 82.0. The van der Waals surface area contributed by atoms with Gasteiger partial charge in [-0.05, 0) is 37.6 Å². The van der Waals surface area contributed by atoms with Gasteiger partial charge < -0.3 is 4.74 Å². The molecule has 2 rings (SSSR count). The van der Waals surface area contributed by atoms with Crippen molar-refractivity contribution in [1.82, 2.24) is 4.98 Å². The molecule has 0 radical (unpaired) electrons. The lowest BCUT2D eigenvalue weighted by molar-refractivity contribution is -0.141. The van der Waals surface area contributed by atoms with E-state index in [-0.39, 0.29) is 29.0 Å². The Morgan fingerprint density at radius 3 is 2.08 bits per heavy atom. The number of esters is 1. The Hall–Kier alpha value is -2.58. The van der Waals surface area contributed by atoms with Gasteiger partial charge in [-0.15, -0.1) is 0 Å². The van der Waals surface area contributed by atoms with Gasteiger partial charge in [0.2, 0.25) is 0 Å². The third kappa shape index (κ3) is 4.14. The predicted molar refractivity (Wildman–Crippen MR) is 80.4 cm³/mol. The van der Waals surface area contributed by atoms with Crippen molar-refractivity contribution in [2.24, 2.45) is 0 Å². The van der Waals surface area contributed by atoms with Gasteiger partial charge in [0.15, 0.2) is 0 Å². The standard InChI is InChI=1S/C17H13F6NO2/c1-3-26-15(25)14-9(2)24-13(17(21,22)23)8-12(14)10-4-6-11(7-5-10)16(18,19)20/h4-8H,3H2,1-2H3. The van der Waals surface area contributed by atoms with E-state index in [1.165, 1.54) is 13.8 Å². The van der Waals surface area contributed by atoms with E-state index in [4.69, 9.17) is 4.74 Å². The Kier molecular flexibility index (Phi) is 5.29. The number of carbonyl (C=O) groups excluding carboxylic acids is 1. The minimum absolute atomic E-state index is 0.0112. The average molecular weight is 377 g/mol. The zero-order chi connectivity index (χ0) is 19.7. The number of rotatable bonds is 3. The summed E-state index contributed by atoms with van der Waals surface area (Å²) in [5, 5.41) is 0. The number of benzene rings is 1. The molecule has 0 atom stereocenters. The lowest BCUT2D eigenvalue weighted by atomic mass is 9.97. The van der Waals surface area contributed by atoms with Gasteiger partial charge in [-0.2, -0.15) is 26.3 Å². The highest BCUT2D eigenvalue weighted by molar-refractivity contribution is 5.98. The molecule has 0 aliphatic rings. The van der Waals surface area contributed by atoms with Crippen LogP contribution in [-0.2, 0) is 17.1 Å². The van der Waals surface area contributed by atoms with Gasteiger partial charge in [-0.3, -0.25) is 0 Å². The molecule has 0 spiro atoms. The number of aryl methyl sites for hydroxylation is 1. The lowest BCUT2D eigenvalue weighted by Crippen LogP contribution is -2.15. The second kappa shape index (κ2) is 6.97. The van der Waals surface area contributed by atoms with Gasteiger partial charge in [0, 0.05) is 5.56 Å². The number of halogens is 6. The third-order valence-corrected chi connectivity index (χ3v) is 3.49. The molecule has 0 aliphatic heterocycles. The molecule has 2 aromatic rings. The molecule has 3 nitrogen and oxygen atoms in total. The number of pyridine rings is 1. The molecule has 0 amide bonds. The number of carbonyl (C=O) groups is 1. The van der Waals surface area contributed by atoms with Crippen LogP contribution < -0.4 is 0 Å². The van der Waals surface area contributed by atoms with Gasteiger partial charge in [-0.1, -0.05) is 12.1 Å². The topological polar surface area (TPSA) is 39.2 Å². The molecule has 0 N–H and O–H groups in total. The van der Waals surface area contributed by atoms with Crippen molar-refractivity contribution in [2.75, 3.05) is 6.61 Å². The van der Waals surface area contributed by atoms with E-state index in [0.29, 0.717) is 6.07 Å². The number of alkyl halides is 6. The van der Waals surface area contributed by atoms with Gasteiger partial charge >= 0.3 is 18.3 Å². The maximum absolute atomic E-state index is 13.0. The van der Waals surface area contributed by atoms with Crippen LogP contribution in [0.2, 0.25) is 0 Å². The first-order valence-electron chi connectivity index (χ1n) is 7.38. The zero-order valence-corrected chi connectivity index (χ0v) is 13.6. The number of nitrogens with zero attached hydrogens (tertiary/aromatic N) is 1. The molecule has 140 valence electrons. The summed E-state index contributed by atoms with van der Waals surface area (Å²) in [5.41, 5.74) is -2.85. The fourth-order valence-corrected chi connectivity index (χ4v) is 2.35. The second-order valence-electron chi connectivity index (χ2n) is 5.31. The van der Waals surface area contributed by atoms with E-state index >= 15 is 0 Å². The van der Waals surface area contributed by atoms with Crippen LogP contribution in [0.15, 0.2) is 30.3 Å². The van der Waals surface area contributed by atoms with Crippen LogP contribution in [0.4, 0.5) is 26.3 Å². The van der Waals surface area contributed by atoms with Crippen LogP contribution in [0.3, 0.4) is 0 Å². The molecule has 1 heterocycles. The molecule has 0 saturated carbocycles. The van der Waals surface area contributed by atoms with Crippen LogP contribution in [-0.4, -0.2) is 17.6 Å². The molecular formula is C17H13F6NO2. The van der Waals surface area contributed by atoms with E-state index in [9.17, 15) is 31.1 Å². The van der Waals surface area contributed by atoms with Gasteiger partial charge in [0.1, 0.15) is 5.69 Å². The number of hydrogen-bond acceptors (Lipinski definition) is 3. The van der Waals surface area contributed by atoms with Gasteiger partial charge in [0.05, 0.1) is 23.4 Å². The summed E-state index contributed by atoms with van der Waals surface area (Å²) in [6.45, 7) is 2.70. The van der Waals surface area contributed by atoms with Gasteiger partial charge in [0.25, 0.3) is 0 Å². The fourth-order valence-electron chi connectivity index (χ4n) is 2.35. The predicted octanol–water partition coefficient (Wildman–Crippen LogP) is 5.27. The monoisotopic (exact) mass is 377 g/mol. The van der Waals surface area contributed by atoms with Crippen molar-refractivity contribution < 1.29 is 35.9 Å². The molecule has 1 aromatic heterocycles. The van der Waals surface area contributed by atoms with E-state index in [1.54, 1.807) is 0 Å². The fraction of sp³-hybridized carbons (Fsp3) is 0.294. The normalized spacial score (nSPS) is 12.2.